The number of allylic oxidation sites excluding steroid dienone is 6. The molecule has 6 heteroatoms. The zero-order valence-corrected chi connectivity index (χ0v) is 9.20. The lowest BCUT2D eigenvalue weighted by atomic mass is 10.3. The van der Waals surface area contributed by atoms with E-state index >= 15 is 0 Å². The molecule has 0 amide bonds. The molecule has 15 heavy (non-hydrogen) atoms. The molecule has 0 aromatic carbocycles. The van der Waals surface area contributed by atoms with Gasteiger partial charge in [-0.25, -0.2) is 0 Å². The smallest absolute Gasteiger partial charge is 0.266 e. The van der Waals surface area contributed by atoms with Gasteiger partial charge in [-0.2, -0.15) is 8.42 Å². The van der Waals surface area contributed by atoms with Crippen molar-refractivity contribution in [3.8, 4) is 0 Å². The van der Waals surface area contributed by atoms with Crippen LogP contribution in [-0.4, -0.2) is 25.3 Å². The van der Waals surface area contributed by atoms with Crippen LogP contribution in [0.5, 0.6) is 0 Å². The van der Waals surface area contributed by atoms with Crippen molar-refractivity contribution in [1.29, 1.82) is 0 Å². The standard InChI is InChI=1S/C7H6.C2H7NO3S.H3N/c1-2-7-4-3-6(1)5-7;3-1-2-7(4,5)6;/h1-4H,5H2;1-3H2,(H,4,5,6);1H3. The fraction of sp³-hybridized carbons (Fsp3) is 0.333. The van der Waals surface area contributed by atoms with E-state index < -0.39 is 10.1 Å². The summed E-state index contributed by atoms with van der Waals surface area (Å²) in [7, 11) is -3.80. The van der Waals surface area contributed by atoms with Gasteiger partial charge in [0.15, 0.2) is 0 Å². The lowest BCUT2D eigenvalue weighted by Gasteiger charge is -1.86. The first-order valence-electron chi connectivity index (χ1n) is 4.24. The van der Waals surface area contributed by atoms with Gasteiger partial charge in [-0.15, -0.1) is 0 Å². The van der Waals surface area contributed by atoms with E-state index in [1.54, 1.807) is 0 Å². The first-order chi connectivity index (χ1) is 6.51. The molecule has 0 heterocycles. The van der Waals surface area contributed by atoms with Crippen molar-refractivity contribution in [2.45, 2.75) is 6.42 Å². The van der Waals surface area contributed by atoms with Gasteiger partial charge >= 0.3 is 0 Å². The van der Waals surface area contributed by atoms with E-state index in [1.165, 1.54) is 17.6 Å². The van der Waals surface area contributed by atoms with Crippen molar-refractivity contribution in [2.75, 3.05) is 12.3 Å². The van der Waals surface area contributed by atoms with Crippen LogP contribution >= 0.6 is 0 Å². The van der Waals surface area contributed by atoms with Crippen LogP contribution in [-0.2, 0) is 10.1 Å². The summed E-state index contributed by atoms with van der Waals surface area (Å²) in [5, 5.41) is 0. The van der Waals surface area contributed by atoms with Crippen molar-refractivity contribution in [2.24, 2.45) is 5.73 Å². The molecule has 2 aliphatic rings. The summed E-state index contributed by atoms with van der Waals surface area (Å²) in [5.74, 6) is -0.354. The van der Waals surface area contributed by atoms with Crippen LogP contribution in [0.2, 0.25) is 0 Å². The zero-order valence-electron chi connectivity index (χ0n) is 8.39. The average molecular weight is 232 g/mol. The van der Waals surface area contributed by atoms with Gasteiger partial charge in [-0.3, -0.25) is 4.55 Å². The van der Waals surface area contributed by atoms with Gasteiger partial charge in [0.25, 0.3) is 10.1 Å². The minimum absolute atomic E-state index is 0. The summed E-state index contributed by atoms with van der Waals surface area (Å²) in [6, 6.07) is 0. The monoisotopic (exact) mass is 232 g/mol. The molecule has 2 bridgehead atoms. The summed E-state index contributed by atoms with van der Waals surface area (Å²) in [6.45, 7) is -0.0289. The zero-order chi connectivity index (χ0) is 10.6. The van der Waals surface area contributed by atoms with Crippen molar-refractivity contribution in [3.05, 3.63) is 35.5 Å². The molecule has 5 nitrogen and oxygen atoms in total. The van der Waals surface area contributed by atoms with E-state index in [0.29, 0.717) is 0 Å². The highest BCUT2D eigenvalue weighted by Gasteiger charge is 2.07. The molecule has 0 saturated carbocycles. The molecule has 0 saturated heterocycles. The molecule has 0 atom stereocenters. The maximum absolute atomic E-state index is 9.71. The minimum atomic E-state index is -3.80. The van der Waals surface area contributed by atoms with Gasteiger partial charge in [0.05, 0.1) is 5.75 Å². The molecule has 0 spiro atoms. The molecule has 0 radical (unpaired) electrons. The van der Waals surface area contributed by atoms with E-state index in [9.17, 15) is 8.42 Å². The van der Waals surface area contributed by atoms with Crippen molar-refractivity contribution < 1.29 is 13.0 Å². The topological polar surface area (TPSA) is 115 Å². The molecule has 0 aromatic heterocycles. The van der Waals surface area contributed by atoms with Crippen molar-refractivity contribution in [3.63, 3.8) is 0 Å². The highest BCUT2D eigenvalue weighted by atomic mass is 32.2. The Morgan fingerprint density at radius 1 is 1.27 bits per heavy atom. The third-order valence-electron chi connectivity index (χ3n) is 1.81. The fourth-order valence-electron chi connectivity index (χ4n) is 1.16. The van der Waals surface area contributed by atoms with Crippen LogP contribution in [0.1, 0.15) is 6.42 Å². The Kier molecular flexibility index (Phi) is 5.45. The molecule has 86 valence electrons. The lowest BCUT2D eigenvalue weighted by molar-refractivity contribution is 0.483. The Balaban J connectivity index is 0.000000245. The van der Waals surface area contributed by atoms with Crippen molar-refractivity contribution in [1.82, 2.24) is 6.15 Å². The summed E-state index contributed by atoms with van der Waals surface area (Å²) < 4.78 is 27.3. The van der Waals surface area contributed by atoms with E-state index in [2.05, 4.69) is 24.3 Å². The van der Waals surface area contributed by atoms with Crippen LogP contribution in [0, 0.1) is 0 Å². The Morgan fingerprint density at radius 3 is 1.80 bits per heavy atom. The quantitative estimate of drug-likeness (QED) is 0.609. The number of fused-ring (bicyclic) bond motifs is 2. The van der Waals surface area contributed by atoms with Crippen LogP contribution < -0.4 is 11.9 Å². The Hall–Kier alpha value is -0.950. The van der Waals surface area contributed by atoms with E-state index in [0.717, 1.165) is 0 Å². The molecule has 0 fully saturated rings. The van der Waals surface area contributed by atoms with Crippen molar-refractivity contribution >= 4 is 10.1 Å². The van der Waals surface area contributed by atoms with Gasteiger partial charge < -0.3 is 11.9 Å². The van der Waals surface area contributed by atoms with E-state index in [1.807, 2.05) is 0 Å². The second-order valence-corrected chi connectivity index (χ2v) is 4.64. The Labute approximate surface area is 89.7 Å². The highest BCUT2D eigenvalue weighted by Crippen LogP contribution is 2.27. The van der Waals surface area contributed by atoms with Gasteiger partial charge in [0, 0.05) is 6.54 Å². The van der Waals surface area contributed by atoms with Gasteiger partial charge in [-0.05, 0) is 17.6 Å². The predicted molar refractivity (Wildman–Crippen MR) is 60.4 cm³/mol. The van der Waals surface area contributed by atoms with Crippen LogP contribution in [0.3, 0.4) is 0 Å². The maximum Gasteiger partial charge on any atom is 0.266 e. The first-order valence-corrected chi connectivity index (χ1v) is 5.85. The summed E-state index contributed by atoms with van der Waals surface area (Å²) >= 11 is 0. The molecule has 0 aliphatic heterocycles. The minimum Gasteiger partial charge on any atom is -0.344 e. The molecule has 2 aliphatic carbocycles. The summed E-state index contributed by atoms with van der Waals surface area (Å²) in [4.78, 5) is 0. The molecular formula is C9H16N2O3S. The largest absolute Gasteiger partial charge is 0.344 e. The maximum atomic E-state index is 9.71. The van der Waals surface area contributed by atoms with E-state index in [-0.39, 0.29) is 18.4 Å². The molecular weight excluding hydrogens is 216 g/mol. The predicted octanol–water partition coefficient (Wildman–Crippen LogP) is 0.808. The second kappa shape index (κ2) is 5.82. The number of hydrogen-bond donors (Lipinski definition) is 3. The first kappa shape index (κ1) is 14.1. The molecule has 0 unspecified atom stereocenters. The number of nitrogens with two attached hydrogens (primary N) is 1. The molecule has 0 aromatic rings. The lowest BCUT2D eigenvalue weighted by Crippen LogP contribution is -2.13. The molecule has 6 N–H and O–H groups in total. The third kappa shape index (κ3) is 5.48. The summed E-state index contributed by atoms with van der Waals surface area (Å²) in [5.41, 5.74) is 7.71. The van der Waals surface area contributed by atoms with Gasteiger partial charge in [0.2, 0.25) is 0 Å². The highest BCUT2D eigenvalue weighted by molar-refractivity contribution is 7.85. The number of hydrogen-bond acceptors (Lipinski definition) is 4. The molecule has 2 rings (SSSR count). The summed E-state index contributed by atoms with van der Waals surface area (Å²) in [6.07, 6.45) is 9.90. The third-order valence-corrected chi connectivity index (χ3v) is 2.56. The average Bonchev–Trinajstić information content (AvgIpc) is 2.64. The number of rotatable bonds is 2. The van der Waals surface area contributed by atoms with E-state index in [4.69, 9.17) is 10.3 Å². The Morgan fingerprint density at radius 2 is 1.73 bits per heavy atom. The van der Waals surface area contributed by atoms with Crippen LogP contribution in [0.25, 0.3) is 0 Å². The Bertz CT molecular complexity index is 374. The SMILES string of the molecule is C1=CC2=CC=C1C2.N.NCCS(=O)(=O)O. The second-order valence-electron chi connectivity index (χ2n) is 3.07. The van der Waals surface area contributed by atoms with Crippen LogP contribution in [0.4, 0.5) is 0 Å². The normalized spacial score (nSPS) is 16.1. The van der Waals surface area contributed by atoms with Crippen LogP contribution in [0.15, 0.2) is 35.5 Å². The van der Waals surface area contributed by atoms with Gasteiger partial charge in [0.1, 0.15) is 0 Å². The fourth-order valence-corrected chi connectivity index (χ4v) is 1.46. The van der Waals surface area contributed by atoms with Gasteiger partial charge in [-0.1, -0.05) is 24.3 Å².